The number of amides is 1. The molecule has 0 atom stereocenters. The number of carbonyl (C=O) groups excluding carboxylic acids is 1. The van der Waals surface area contributed by atoms with E-state index in [4.69, 9.17) is 11.6 Å². The summed E-state index contributed by atoms with van der Waals surface area (Å²) in [5.74, 6) is -0.564. The second-order valence-corrected chi connectivity index (χ2v) is 8.36. The Morgan fingerprint density at radius 1 is 1.19 bits per heavy atom. The molecule has 2 aromatic carbocycles. The Morgan fingerprint density at radius 2 is 1.92 bits per heavy atom. The zero-order chi connectivity index (χ0) is 18.7. The van der Waals surface area contributed by atoms with Gasteiger partial charge in [0.05, 0.1) is 21.2 Å². The Hall–Kier alpha value is -2.49. The molecule has 1 N–H and O–H groups in total. The van der Waals surface area contributed by atoms with Crippen LogP contribution in [0.2, 0.25) is 5.02 Å². The Kier molecular flexibility index (Phi) is 5.21. The lowest BCUT2D eigenvalue weighted by molar-refractivity contribution is 0.102. The number of hydrogen-bond acceptors (Lipinski definition) is 6. The van der Waals surface area contributed by atoms with E-state index in [9.17, 15) is 13.2 Å². The summed E-state index contributed by atoms with van der Waals surface area (Å²) in [5.41, 5.74) is 2.00. The second-order valence-electron chi connectivity index (χ2n) is 5.15. The summed E-state index contributed by atoms with van der Waals surface area (Å²) < 4.78 is 26.9. The Balaban J connectivity index is 1.94. The van der Waals surface area contributed by atoms with Crippen molar-refractivity contribution >= 4 is 49.7 Å². The molecule has 0 aliphatic heterocycles. The Bertz CT molecular complexity index is 1020. The number of sulfonamides is 1. The third-order valence-electron chi connectivity index (χ3n) is 3.54. The first-order valence-corrected chi connectivity index (χ1v) is 10.0. The van der Waals surface area contributed by atoms with Gasteiger partial charge >= 0.3 is 0 Å². The zero-order valence-electron chi connectivity index (χ0n) is 13.5. The molecule has 3 rings (SSSR count). The number of rotatable bonds is 5. The van der Waals surface area contributed by atoms with Crippen molar-refractivity contribution in [3.8, 4) is 0 Å². The molecule has 0 spiro atoms. The monoisotopic (exact) mass is 408 g/mol. The molecular formula is C16H13ClN4O3S2. The minimum Gasteiger partial charge on any atom is -0.296 e. The molecule has 0 aliphatic carbocycles. The summed E-state index contributed by atoms with van der Waals surface area (Å²) in [7, 11) is -2.41. The number of nitrogens with one attached hydrogen (secondary N) is 1. The van der Waals surface area contributed by atoms with Crippen molar-refractivity contribution in [3.05, 3.63) is 64.6 Å². The van der Waals surface area contributed by atoms with E-state index in [2.05, 4.69) is 15.5 Å². The fraction of sp³-hybridized carbons (Fsp3) is 0.0625. The van der Waals surface area contributed by atoms with Gasteiger partial charge in [0.2, 0.25) is 5.13 Å². The Labute approximate surface area is 159 Å². The molecule has 7 nitrogen and oxygen atoms in total. The van der Waals surface area contributed by atoms with Crippen LogP contribution in [0.5, 0.6) is 0 Å². The molecule has 10 heteroatoms. The van der Waals surface area contributed by atoms with Crippen molar-refractivity contribution in [2.75, 3.05) is 16.7 Å². The van der Waals surface area contributed by atoms with Crippen molar-refractivity contribution in [1.82, 2.24) is 10.2 Å². The second kappa shape index (κ2) is 7.40. The first kappa shape index (κ1) is 18.3. The lowest BCUT2D eigenvalue weighted by Gasteiger charge is -2.20. The van der Waals surface area contributed by atoms with Crippen LogP contribution >= 0.6 is 22.9 Å². The van der Waals surface area contributed by atoms with E-state index < -0.39 is 15.9 Å². The van der Waals surface area contributed by atoms with Crippen LogP contribution in [0.25, 0.3) is 0 Å². The number of halogens is 1. The number of para-hydroxylation sites is 1. The van der Waals surface area contributed by atoms with Gasteiger partial charge in [-0.2, -0.15) is 0 Å². The summed E-state index contributed by atoms with van der Waals surface area (Å²) in [6.07, 6.45) is 0. The van der Waals surface area contributed by atoms with Crippen LogP contribution in [0.1, 0.15) is 10.4 Å². The first-order valence-electron chi connectivity index (χ1n) is 7.30. The summed E-state index contributed by atoms with van der Waals surface area (Å²) in [6, 6.07) is 12.6. The fourth-order valence-corrected chi connectivity index (χ4v) is 4.03. The van der Waals surface area contributed by atoms with Gasteiger partial charge in [-0.3, -0.25) is 14.4 Å². The Morgan fingerprint density at radius 3 is 2.58 bits per heavy atom. The summed E-state index contributed by atoms with van der Waals surface area (Å²) in [5, 5.41) is 10.3. The standard InChI is InChI=1S/C16H13ClN4O3S2/c1-21(11-5-3-2-4-6-11)26(23,24)12-7-8-14(17)13(9-12)15(22)19-16-20-18-10-25-16/h2-10H,1H3,(H,19,20,22). The molecule has 26 heavy (non-hydrogen) atoms. The lowest BCUT2D eigenvalue weighted by atomic mass is 10.2. The van der Waals surface area contributed by atoms with Crippen molar-refractivity contribution in [2.45, 2.75) is 4.90 Å². The summed E-state index contributed by atoms with van der Waals surface area (Å²) in [4.78, 5) is 12.3. The molecule has 1 aromatic heterocycles. The fourth-order valence-electron chi connectivity index (χ4n) is 2.17. The normalized spacial score (nSPS) is 11.2. The van der Waals surface area contributed by atoms with E-state index in [1.807, 2.05) is 0 Å². The van der Waals surface area contributed by atoms with Crippen molar-refractivity contribution in [1.29, 1.82) is 0 Å². The molecule has 0 unspecified atom stereocenters. The van der Waals surface area contributed by atoms with Crippen molar-refractivity contribution in [3.63, 3.8) is 0 Å². The number of benzene rings is 2. The van der Waals surface area contributed by atoms with Gasteiger partial charge in [-0.25, -0.2) is 8.42 Å². The van der Waals surface area contributed by atoms with Crippen LogP contribution in [0.15, 0.2) is 58.9 Å². The van der Waals surface area contributed by atoms with Gasteiger partial charge in [-0.05, 0) is 30.3 Å². The largest absolute Gasteiger partial charge is 0.296 e. The van der Waals surface area contributed by atoms with Gasteiger partial charge in [0.25, 0.3) is 15.9 Å². The van der Waals surface area contributed by atoms with E-state index in [1.54, 1.807) is 30.3 Å². The number of aromatic nitrogens is 2. The molecule has 0 aliphatic rings. The number of anilines is 2. The molecule has 0 saturated carbocycles. The van der Waals surface area contributed by atoms with Gasteiger partial charge in [0.1, 0.15) is 5.51 Å². The highest BCUT2D eigenvalue weighted by Crippen LogP contribution is 2.26. The molecule has 0 fully saturated rings. The highest BCUT2D eigenvalue weighted by Gasteiger charge is 2.24. The molecule has 134 valence electrons. The molecule has 0 bridgehead atoms. The molecule has 1 amide bonds. The lowest BCUT2D eigenvalue weighted by Crippen LogP contribution is -2.27. The summed E-state index contributed by atoms with van der Waals surface area (Å²) >= 11 is 7.22. The highest BCUT2D eigenvalue weighted by molar-refractivity contribution is 7.92. The van der Waals surface area contributed by atoms with Gasteiger partial charge in [0.15, 0.2) is 0 Å². The summed E-state index contributed by atoms with van der Waals surface area (Å²) in [6.45, 7) is 0. The third-order valence-corrected chi connectivity index (χ3v) is 6.26. The van der Waals surface area contributed by atoms with E-state index in [1.165, 1.54) is 30.8 Å². The van der Waals surface area contributed by atoms with Gasteiger partial charge in [-0.15, -0.1) is 10.2 Å². The maximum Gasteiger partial charge on any atom is 0.264 e. The van der Waals surface area contributed by atoms with Crippen LogP contribution in [-0.2, 0) is 10.0 Å². The number of nitrogens with zero attached hydrogens (tertiary/aromatic N) is 3. The molecule has 0 saturated heterocycles. The van der Waals surface area contributed by atoms with E-state index >= 15 is 0 Å². The minimum absolute atomic E-state index is 0.0319. The van der Waals surface area contributed by atoms with Crippen LogP contribution < -0.4 is 9.62 Å². The van der Waals surface area contributed by atoms with Gasteiger partial charge in [-0.1, -0.05) is 41.1 Å². The average molecular weight is 409 g/mol. The average Bonchev–Trinajstić information content (AvgIpc) is 3.14. The van der Waals surface area contributed by atoms with Crippen molar-refractivity contribution in [2.24, 2.45) is 0 Å². The van der Waals surface area contributed by atoms with Crippen molar-refractivity contribution < 1.29 is 13.2 Å². The van der Waals surface area contributed by atoms with Gasteiger partial charge in [0, 0.05) is 7.05 Å². The van der Waals surface area contributed by atoms with Crippen LogP contribution in [-0.4, -0.2) is 31.6 Å². The van der Waals surface area contributed by atoms with Crippen LogP contribution in [0, 0.1) is 0 Å². The number of carbonyl (C=O) groups is 1. The van der Waals surface area contributed by atoms with E-state index in [-0.39, 0.29) is 15.5 Å². The predicted molar refractivity (Wildman–Crippen MR) is 101 cm³/mol. The predicted octanol–water partition coefficient (Wildman–Crippen LogP) is 3.27. The maximum absolute atomic E-state index is 12.9. The van der Waals surface area contributed by atoms with E-state index in [0.717, 1.165) is 15.6 Å². The minimum atomic E-state index is -3.86. The maximum atomic E-state index is 12.9. The molecular weight excluding hydrogens is 396 g/mol. The van der Waals surface area contributed by atoms with Crippen LogP contribution in [0.4, 0.5) is 10.8 Å². The quantitative estimate of drug-likeness (QED) is 0.699. The number of hydrogen-bond donors (Lipinski definition) is 1. The highest BCUT2D eigenvalue weighted by atomic mass is 35.5. The molecule has 0 radical (unpaired) electrons. The van der Waals surface area contributed by atoms with E-state index in [0.29, 0.717) is 10.8 Å². The van der Waals surface area contributed by atoms with Gasteiger partial charge < -0.3 is 0 Å². The topological polar surface area (TPSA) is 92.3 Å². The first-order chi connectivity index (χ1) is 12.4. The molecule has 3 aromatic rings. The SMILES string of the molecule is CN(c1ccccc1)S(=O)(=O)c1ccc(Cl)c(C(=O)Nc2nncs2)c1. The van der Waals surface area contributed by atoms with Crippen LogP contribution in [0.3, 0.4) is 0 Å². The zero-order valence-corrected chi connectivity index (χ0v) is 15.8. The third kappa shape index (κ3) is 3.69. The molecule has 1 heterocycles. The smallest absolute Gasteiger partial charge is 0.264 e.